The third-order valence-electron chi connectivity index (χ3n) is 3.67. The fourth-order valence-corrected chi connectivity index (χ4v) is 2.59. The van der Waals surface area contributed by atoms with E-state index in [9.17, 15) is 0 Å². The number of aryl methyl sites for hydroxylation is 1. The van der Waals surface area contributed by atoms with E-state index >= 15 is 0 Å². The van der Waals surface area contributed by atoms with Gasteiger partial charge in [-0.1, -0.05) is 6.92 Å². The van der Waals surface area contributed by atoms with Crippen LogP contribution in [-0.2, 0) is 0 Å². The molecular weight excluding hydrogens is 220 g/mol. The summed E-state index contributed by atoms with van der Waals surface area (Å²) in [5, 5.41) is 0. The van der Waals surface area contributed by atoms with E-state index in [0.29, 0.717) is 12.5 Å². The molecular formula is C17H24O. The van der Waals surface area contributed by atoms with Gasteiger partial charge in [-0.2, -0.15) is 0 Å². The van der Waals surface area contributed by atoms with Crippen LogP contribution in [0, 0.1) is 33.1 Å². The number of terminal acetylenes is 1. The Balaban J connectivity index is 3.29. The highest BCUT2D eigenvalue weighted by Crippen LogP contribution is 2.35. The number of benzene rings is 1. The van der Waals surface area contributed by atoms with Crippen LogP contribution >= 0.6 is 0 Å². The van der Waals surface area contributed by atoms with Crippen molar-refractivity contribution in [2.24, 2.45) is 0 Å². The zero-order valence-corrected chi connectivity index (χ0v) is 12.3. The van der Waals surface area contributed by atoms with Gasteiger partial charge in [0.05, 0.1) is 6.61 Å². The Labute approximate surface area is 112 Å². The molecule has 1 aromatic rings. The standard InChI is InChI=1S/C17H24O/c1-7-10-15(8-2)17-12(4)11-16(18-9-3)13(5)14(17)6/h1,11,15H,8-10H2,2-6H3. The van der Waals surface area contributed by atoms with E-state index in [4.69, 9.17) is 11.2 Å². The minimum Gasteiger partial charge on any atom is -0.494 e. The number of hydrogen-bond acceptors (Lipinski definition) is 1. The van der Waals surface area contributed by atoms with Crippen LogP contribution in [-0.4, -0.2) is 6.61 Å². The molecule has 0 saturated carbocycles. The van der Waals surface area contributed by atoms with Gasteiger partial charge in [-0.15, -0.1) is 12.3 Å². The minimum atomic E-state index is 0.462. The average molecular weight is 244 g/mol. The van der Waals surface area contributed by atoms with E-state index < -0.39 is 0 Å². The first-order valence-electron chi connectivity index (χ1n) is 6.73. The van der Waals surface area contributed by atoms with Gasteiger partial charge in [0.2, 0.25) is 0 Å². The molecule has 0 radical (unpaired) electrons. The molecule has 1 unspecified atom stereocenters. The fraction of sp³-hybridized carbons (Fsp3) is 0.529. The quantitative estimate of drug-likeness (QED) is 0.692. The average Bonchev–Trinajstić information content (AvgIpc) is 2.35. The number of rotatable bonds is 5. The molecule has 98 valence electrons. The molecule has 18 heavy (non-hydrogen) atoms. The summed E-state index contributed by atoms with van der Waals surface area (Å²) >= 11 is 0. The van der Waals surface area contributed by atoms with Crippen LogP contribution in [0.1, 0.15) is 54.9 Å². The second-order valence-electron chi connectivity index (χ2n) is 4.80. The Hall–Kier alpha value is -1.42. The van der Waals surface area contributed by atoms with Gasteiger partial charge in [-0.05, 0) is 68.4 Å². The van der Waals surface area contributed by atoms with E-state index in [1.165, 1.54) is 22.3 Å². The minimum absolute atomic E-state index is 0.462. The molecule has 0 heterocycles. The molecule has 0 N–H and O–H groups in total. The maximum absolute atomic E-state index is 5.69. The molecule has 0 bridgehead atoms. The zero-order valence-electron chi connectivity index (χ0n) is 12.3. The lowest BCUT2D eigenvalue weighted by atomic mass is 9.85. The first-order valence-corrected chi connectivity index (χ1v) is 6.73. The van der Waals surface area contributed by atoms with Crippen LogP contribution in [0.5, 0.6) is 5.75 Å². The van der Waals surface area contributed by atoms with Gasteiger partial charge in [0.25, 0.3) is 0 Å². The maximum Gasteiger partial charge on any atom is 0.122 e. The molecule has 0 saturated heterocycles. The first-order chi connectivity index (χ1) is 8.56. The van der Waals surface area contributed by atoms with Crippen molar-refractivity contribution >= 4 is 0 Å². The Morgan fingerprint density at radius 1 is 1.22 bits per heavy atom. The lowest BCUT2D eigenvalue weighted by Gasteiger charge is -2.22. The van der Waals surface area contributed by atoms with Gasteiger partial charge in [-0.25, -0.2) is 0 Å². The van der Waals surface area contributed by atoms with E-state index in [1.807, 2.05) is 6.92 Å². The molecule has 1 heteroatoms. The topological polar surface area (TPSA) is 9.23 Å². The molecule has 0 amide bonds. The third kappa shape index (κ3) is 2.88. The highest BCUT2D eigenvalue weighted by Gasteiger charge is 2.17. The fourth-order valence-electron chi connectivity index (χ4n) is 2.59. The van der Waals surface area contributed by atoms with Crippen LogP contribution in [0.2, 0.25) is 0 Å². The highest BCUT2D eigenvalue weighted by atomic mass is 16.5. The summed E-state index contributed by atoms with van der Waals surface area (Å²) in [4.78, 5) is 0. The van der Waals surface area contributed by atoms with Crippen molar-refractivity contribution < 1.29 is 4.74 Å². The van der Waals surface area contributed by atoms with Gasteiger partial charge in [0, 0.05) is 6.42 Å². The summed E-state index contributed by atoms with van der Waals surface area (Å²) in [6, 6.07) is 2.15. The van der Waals surface area contributed by atoms with Gasteiger partial charge in [0.15, 0.2) is 0 Å². The molecule has 1 atom stereocenters. The SMILES string of the molecule is C#CCC(CC)c1c(C)cc(OCC)c(C)c1C. The molecule has 0 aliphatic carbocycles. The monoisotopic (exact) mass is 244 g/mol. The van der Waals surface area contributed by atoms with Crippen molar-refractivity contribution in [2.45, 2.75) is 53.4 Å². The predicted molar refractivity (Wildman–Crippen MR) is 78.3 cm³/mol. The lowest BCUT2D eigenvalue weighted by molar-refractivity contribution is 0.337. The van der Waals surface area contributed by atoms with Crippen LogP contribution in [0.3, 0.4) is 0 Å². The summed E-state index contributed by atoms with van der Waals surface area (Å²) in [5.41, 5.74) is 5.29. The smallest absolute Gasteiger partial charge is 0.122 e. The van der Waals surface area contributed by atoms with Crippen molar-refractivity contribution in [1.29, 1.82) is 0 Å². The van der Waals surface area contributed by atoms with Gasteiger partial charge in [0.1, 0.15) is 5.75 Å². The number of ether oxygens (including phenoxy) is 1. The second kappa shape index (κ2) is 6.50. The summed E-state index contributed by atoms with van der Waals surface area (Å²) in [5.74, 6) is 4.27. The van der Waals surface area contributed by atoms with Crippen molar-refractivity contribution in [3.63, 3.8) is 0 Å². The van der Waals surface area contributed by atoms with E-state index in [1.54, 1.807) is 0 Å². The van der Waals surface area contributed by atoms with Crippen LogP contribution in [0.15, 0.2) is 6.07 Å². The third-order valence-corrected chi connectivity index (χ3v) is 3.67. The Bertz CT molecular complexity index is 452. The Morgan fingerprint density at radius 2 is 1.89 bits per heavy atom. The second-order valence-corrected chi connectivity index (χ2v) is 4.80. The summed E-state index contributed by atoms with van der Waals surface area (Å²) < 4.78 is 5.69. The van der Waals surface area contributed by atoms with Gasteiger partial charge in [-0.3, -0.25) is 0 Å². The van der Waals surface area contributed by atoms with Gasteiger partial charge >= 0.3 is 0 Å². The van der Waals surface area contributed by atoms with Crippen LogP contribution in [0.4, 0.5) is 0 Å². The van der Waals surface area contributed by atoms with Crippen LogP contribution in [0.25, 0.3) is 0 Å². The Kier molecular flexibility index (Phi) is 5.28. The molecule has 0 aliphatic heterocycles. The normalized spacial score (nSPS) is 12.0. The van der Waals surface area contributed by atoms with Crippen molar-refractivity contribution in [1.82, 2.24) is 0 Å². The Morgan fingerprint density at radius 3 is 2.39 bits per heavy atom. The zero-order chi connectivity index (χ0) is 13.7. The first kappa shape index (κ1) is 14.6. The molecule has 1 rings (SSSR count). The van der Waals surface area contributed by atoms with E-state index in [2.05, 4.69) is 39.7 Å². The summed E-state index contributed by atoms with van der Waals surface area (Å²) in [6.45, 7) is 11.4. The molecule has 0 spiro atoms. The van der Waals surface area contributed by atoms with Crippen molar-refractivity contribution in [2.75, 3.05) is 6.61 Å². The van der Waals surface area contributed by atoms with Gasteiger partial charge < -0.3 is 4.74 Å². The predicted octanol–water partition coefficient (Wildman–Crippen LogP) is 4.53. The largest absolute Gasteiger partial charge is 0.494 e. The molecule has 1 aromatic carbocycles. The maximum atomic E-state index is 5.69. The van der Waals surface area contributed by atoms with Crippen LogP contribution < -0.4 is 4.74 Å². The van der Waals surface area contributed by atoms with E-state index in [-0.39, 0.29) is 0 Å². The van der Waals surface area contributed by atoms with E-state index in [0.717, 1.165) is 18.6 Å². The lowest BCUT2D eigenvalue weighted by Crippen LogP contribution is -2.06. The van der Waals surface area contributed by atoms with Crippen molar-refractivity contribution in [3.05, 3.63) is 28.3 Å². The summed E-state index contributed by atoms with van der Waals surface area (Å²) in [7, 11) is 0. The summed E-state index contributed by atoms with van der Waals surface area (Å²) in [6.07, 6.45) is 7.38. The number of hydrogen-bond donors (Lipinski definition) is 0. The molecule has 0 aliphatic rings. The highest BCUT2D eigenvalue weighted by molar-refractivity contribution is 5.49. The molecule has 1 nitrogen and oxygen atoms in total. The van der Waals surface area contributed by atoms with Crippen molar-refractivity contribution in [3.8, 4) is 18.1 Å². The molecule has 0 fully saturated rings. The molecule has 0 aromatic heterocycles.